The third-order valence-corrected chi connectivity index (χ3v) is 11.3. The maximum atomic E-state index is 13.5. The summed E-state index contributed by atoms with van der Waals surface area (Å²) in [5.74, 6) is 0.0396. The zero-order valence-electron chi connectivity index (χ0n) is 39.7. The van der Waals surface area contributed by atoms with Gasteiger partial charge < -0.3 is 0 Å². The van der Waals surface area contributed by atoms with E-state index in [1.54, 1.807) is 36.7 Å². The lowest BCUT2D eigenvalue weighted by atomic mass is 9.72. The summed E-state index contributed by atoms with van der Waals surface area (Å²) in [4.78, 5) is 49.4. The predicted octanol–water partition coefficient (Wildman–Crippen LogP) is 15.5. The molecule has 0 radical (unpaired) electrons. The molecule has 66 heavy (non-hydrogen) atoms. The molecule has 0 heterocycles. The number of benzene rings is 4. The highest BCUT2D eigenvalue weighted by atomic mass is 16.6. The summed E-state index contributed by atoms with van der Waals surface area (Å²) in [5, 5.41) is 41.4. The van der Waals surface area contributed by atoms with Crippen molar-refractivity contribution in [3.8, 4) is 33.4 Å². The normalized spacial score (nSPS) is 15.2. The fourth-order valence-corrected chi connectivity index (χ4v) is 7.67. The van der Waals surface area contributed by atoms with Crippen LogP contribution in [0, 0.1) is 41.9 Å². The Labute approximate surface area is 386 Å². The van der Waals surface area contributed by atoms with Crippen LogP contribution in [0.5, 0.6) is 0 Å². The molecule has 0 amide bonds. The number of nitrogens with zero attached hydrogens (tertiary/aromatic N) is 6. The second kappa shape index (κ2) is 18.3. The molecule has 0 saturated heterocycles. The molecule has 338 valence electrons. The first-order valence-electron chi connectivity index (χ1n) is 21.7. The number of ketones is 2. The standard InChI is InChI=1S/C54H56N6O6/c1-51(2,3)45-25-33(26-46(49(45)61)52(4,5)6)31-55-57-37-17-23-41(43(29-37)35-13-19-39(20-14-35)59(63)64)42-24-18-38(30-44(42)36-15-21-40(22-16-36)60(65)66)58-56-32-34-27-47(53(7,8)9)50(62)48(28-34)54(10,11)12/h13-32H,1-12H3/b57-55+,58-56+. The molecule has 2 aliphatic rings. The maximum Gasteiger partial charge on any atom is 0.269 e. The molecule has 0 aliphatic heterocycles. The van der Waals surface area contributed by atoms with Crippen LogP contribution in [0.25, 0.3) is 33.4 Å². The van der Waals surface area contributed by atoms with Crippen molar-refractivity contribution in [1.29, 1.82) is 0 Å². The van der Waals surface area contributed by atoms with Crippen molar-refractivity contribution in [3.63, 3.8) is 0 Å². The van der Waals surface area contributed by atoms with E-state index in [-0.39, 0.29) is 44.6 Å². The van der Waals surface area contributed by atoms with Crippen LogP contribution in [0.1, 0.15) is 83.1 Å². The second-order valence-electron chi connectivity index (χ2n) is 20.6. The van der Waals surface area contributed by atoms with Gasteiger partial charge in [0.1, 0.15) is 0 Å². The van der Waals surface area contributed by atoms with Gasteiger partial charge in [0.15, 0.2) is 11.6 Å². The van der Waals surface area contributed by atoms with E-state index >= 15 is 0 Å². The predicted molar refractivity (Wildman–Crippen MR) is 261 cm³/mol. The lowest BCUT2D eigenvalue weighted by molar-refractivity contribution is -0.385. The van der Waals surface area contributed by atoms with Crippen LogP contribution in [0.15, 0.2) is 176 Å². The van der Waals surface area contributed by atoms with E-state index in [9.17, 15) is 29.8 Å². The van der Waals surface area contributed by atoms with E-state index in [1.165, 1.54) is 24.3 Å². The first-order valence-corrected chi connectivity index (χ1v) is 21.7. The van der Waals surface area contributed by atoms with Gasteiger partial charge in [-0.3, -0.25) is 29.8 Å². The number of allylic oxidation sites excluding steroid dienone is 10. The molecule has 12 heteroatoms. The Hall–Kier alpha value is -7.34. The second-order valence-corrected chi connectivity index (χ2v) is 20.6. The molecule has 0 aromatic heterocycles. The molecular weight excluding hydrogens is 829 g/mol. The number of hydrogen-bond donors (Lipinski definition) is 0. The van der Waals surface area contributed by atoms with Crippen LogP contribution in [-0.4, -0.2) is 21.4 Å². The van der Waals surface area contributed by atoms with Crippen molar-refractivity contribution in [1.82, 2.24) is 0 Å². The first kappa shape index (κ1) is 48.1. The zero-order valence-corrected chi connectivity index (χ0v) is 39.7. The van der Waals surface area contributed by atoms with Crippen molar-refractivity contribution in [2.75, 3.05) is 0 Å². The molecular formula is C54H56N6O6. The van der Waals surface area contributed by atoms with Gasteiger partial charge in [-0.2, -0.15) is 20.5 Å². The smallest absolute Gasteiger partial charge is 0.269 e. The van der Waals surface area contributed by atoms with Crippen LogP contribution in [-0.2, 0) is 9.59 Å². The number of carbonyl (C=O) groups excluding carboxylic acids is 2. The average molecular weight is 885 g/mol. The first-order chi connectivity index (χ1) is 30.7. The average Bonchev–Trinajstić information content (AvgIpc) is 3.23. The van der Waals surface area contributed by atoms with Crippen LogP contribution < -0.4 is 0 Å². The fourth-order valence-electron chi connectivity index (χ4n) is 7.67. The summed E-state index contributed by atoms with van der Waals surface area (Å²) < 4.78 is 0. The Morgan fingerprint density at radius 1 is 0.424 bits per heavy atom. The van der Waals surface area contributed by atoms with E-state index < -0.39 is 9.85 Å². The van der Waals surface area contributed by atoms with Gasteiger partial charge in [-0.05, 0) is 139 Å². The molecule has 6 rings (SSSR count). The van der Waals surface area contributed by atoms with Crippen LogP contribution in [0.3, 0.4) is 0 Å². The fraction of sp³-hybridized carbons (Fsp3) is 0.296. The SMILES string of the molecule is CC(C)(C)C1=CC(=C/N=N/c2ccc(-c3ccc(/N=N/C=C4C=C(C(C)(C)C)C(=O)C(C(C)(C)C)=C4)cc3-c3ccc([N+](=O)[O-])cc3)c(-c3ccc([N+](=O)[O-])cc3)c2)C=C(C(C)(C)C)C1=O. The molecule has 2 aliphatic carbocycles. The van der Waals surface area contributed by atoms with Crippen molar-refractivity contribution >= 4 is 34.3 Å². The molecule has 0 spiro atoms. The van der Waals surface area contributed by atoms with Crippen LogP contribution in [0.2, 0.25) is 0 Å². The maximum absolute atomic E-state index is 13.5. The minimum atomic E-state index is -0.454. The Morgan fingerprint density at radius 3 is 0.970 bits per heavy atom. The number of carbonyl (C=O) groups is 2. The highest BCUT2D eigenvalue weighted by Gasteiger charge is 2.35. The van der Waals surface area contributed by atoms with Crippen molar-refractivity contribution < 1.29 is 19.4 Å². The summed E-state index contributed by atoms with van der Waals surface area (Å²) in [5.41, 5.74) is 7.79. The van der Waals surface area contributed by atoms with Gasteiger partial charge >= 0.3 is 0 Å². The number of azo groups is 2. The zero-order chi connectivity index (χ0) is 48.5. The number of nitro groups is 2. The molecule has 0 unspecified atom stereocenters. The highest BCUT2D eigenvalue weighted by molar-refractivity contribution is 6.12. The molecule has 4 aromatic carbocycles. The van der Waals surface area contributed by atoms with Crippen molar-refractivity contribution in [3.05, 3.63) is 175 Å². The van der Waals surface area contributed by atoms with E-state index in [0.29, 0.717) is 55.9 Å². The quantitative estimate of drug-likeness (QED) is 0.0920. The van der Waals surface area contributed by atoms with E-state index in [1.807, 2.05) is 144 Å². The molecule has 0 bridgehead atoms. The van der Waals surface area contributed by atoms with E-state index in [0.717, 1.165) is 22.3 Å². The summed E-state index contributed by atoms with van der Waals surface area (Å²) in [6.07, 6.45) is 10.7. The minimum Gasteiger partial charge on any atom is -0.289 e. The Kier molecular flexibility index (Phi) is 13.3. The molecule has 4 aromatic rings. The summed E-state index contributed by atoms with van der Waals surface area (Å²) in [6.45, 7) is 24.1. The van der Waals surface area contributed by atoms with Gasteiger partial charge in [0.25, 0.3) is 11.4 Å². The van der Waals surface area contributed by atoms with Gasteiger partial charge in [0.2, 0.25) is 0 Å². The topological polar surface area (TPSA) is 170 Å². The largest absolute Gasteiger partial charge is 0.289 e. The van der Waals surface area contributed by atoms with Gasteiger partial charge in [-0.25, -0.2) is 0 Å². The Morgan fingerprint density at radius 2 is 0.712 bits per heavy atom. The molecule has 0 N–H and O–H groups in total. The lowest BCUT2D eigenvalue weighted by Crippen LogP contribution is -2.27. The van der Waals surface area contributed by atoms with E-state index in [2.05, 4.69) is 20.5 Å². The van der Waals surface area contributed by atoms with Gasteiger partial charge in [-0.15, -0.1) is 0 Å². The third-order valence-electron chi connectivity index (χ3n) is 11.3. The number of nitro benzene ring substituents is 2. The number of Topliss-reactive ketones (excluding diaryl/α,β-unsaturated/α-hetero) is 2. The number of hydrogen-bond acceptors (Lipinski definition) is 10. The monoisotopic (exact) mass is 884 g/mol. The number of rotatable bonds is 9. The number of non-ortho nitro benzene ring substituents is 2. The Balaban J connectivity index is 1.48. The highest BCUT2D eigenvalue weighted by Crippen LogP contribution is 2.44. The van der Waals surface area contributed by atoms with Gasteiger partial charge in [0.05, 0.1) is 33.6 Å². The third kappa shape index (κ3) is 10.9. The molecule has 0 saturated carbocycles. The summed E-state index contributed by atoms with van der Waals surface area (Å²) >= 11 is 0. The molecule has 12 nitrogen and oxygen atoms in total. The minimum absolute atomic E-state index is 0.0198. The summed E-state index contributed by atoms with van der Waals surface area (Å²) in [6, 6.07) is 23.6. The lowest BCUT2D eigenvalue weighted by Gasteiger charge is -2.31. The van der Waals surface area contributed by atoms with Crippen molar-refractivity contribution in [2.24, 2.45) is 42.1 Å². The van der Waals surface area contributed by atoms with E-state index in [4.69, 9.17) is 0 Å². The van der Waals surface area contributed by atoms with Crippen molar-refractivity contribution in [2.45, 2.75) is 83.1 Å². The van der Waals surface area contributed by atoms with Gasteiger partial charge in [0, 0.05) is 46.6 Å². The molecule has 0 fully saturated rings. The summed E-state index contributed by atoms with van der Waals surface area (Å²) in [7, 11) is 0. The Bertz CT molecular complexity index is 2620. The van der Waals surface area contributed by atoms with Gasteiger partial charge in [-0.1, -0.05) is 95.2 Å². The van der Waals surface area contributed by atoms with Crippen LogP contribution >= 0.6 is 0 Å². The van der Waals surface area contributed by atoms with Crippen LogP contribution in [0.4, 0.5) is 22.7 Å². The molecule has 0 atom stereocenters.